The Hall–Kier alpha value is -1.12. The molecule has 13 heavy (non-hydrogen) atoms. The van der Waals surface area contributed by atoms with Crippen LogP contribution in [0.1, 0.15) is 20.3 Å². The molecular weight excluding hydrogens is 168 g/mol. The van der Waals surface area contributed by atoms with Gasteiger partial charge in [-0.3, -0.25) is 9.59 Å². The number of ether oxygens (including phenoxy) is 1. The first-order valence-electron chi connectivity index (χ1n) is 4.49. The van der Waals surface area contributed by atoms with E-state index in [9.17, 15) is 9.59 Å². The largest absolute Gasteiger partial charge is 0.393 e. The molecule has 0 saturated carbocycles. The van der Waals surface area contributed by atoms with Crippen molar-refractivity contribution in [3.05, 3.63) is 12.7 Å². The van der Waals surface area contributed by atoms with Gasteiger partial charge in [-0.1, -0.05) is 19.9 Å². The van der Waals surface area contributed by atoms with Gasteiger partial charge in [0.1, 0.15) is 0 Å². The molecule has 1 rings (SSSR count). The van der Waals surface area contributed by atoms with Crippen molar-refractivity contribution < 1.29 is 14.3 Å². The highest BCUT2D eigenvalue weighted by molar-refractivity contribution is 5.96. The molecule has 1 saturated heterocycles. The predicted molar refractivity (Wildman–Crippen MR) is 47.7 cm³/mol. The van der Waals surface area contributed by atoms with Gasteiger partial charge < -0.3 is 4.74 Å². The Kier molecular flexibility index (Phi) is 2.86. The molecule has 0 amide bonds. The summed E-state index contributed by atoms with van der Waals surface area (Å²) in [5, 5.41) is 0. The molecule has 0 bridgehead atoms. The number of cyclic esters (lactones) is 2. The predicted octanol–water partition coefficient (Wildman–Crippen LogP) is 1.53. The summed E-state index contributed by atoms with van der Waals surface area (Å²) in [4.78, 5) is 22.4. The van der Waals surface area contributed by atoms with Crippen LogP contribution in [0.4, 0.5) is 0 Å². The lowest BCUT2D eigenvalue weighted by atomic mass is 9.83. The van der Waals surface area contributed by atoms with Crippen molar-refractivity contribution in [2.24, 2.45) is 17.8 Å². The first-order valence-corrected chi connectivity index (χ1v) is 4.49. The van der Waals surface area contributed by atoms with E-state index in [1.807, 2.05) is 13.8 Å². The van der Waals surface area contributed by atoms with E-state index in [-0.39, 0.29) is 23.7 Å². The average Bonchev–Trinajstić information content (AvgIpc) is 2.39. The van der Waals surface area contributed by atoms with Crippen LogP contribution in [-0.4, -0.2) is 11.9 Å². The first kappa shape index (κ1) is 9.96. The molecular formula is C10H14O3. The van der Waals surface area contributed by atoms with Crippen LogP contribution >= 0.6 is 0 Å². The molecule has 0 radical (unpaired) electrons. The third-order valence-corrected chi connectivity index (χ3v) is 2.59. The smallest absolute Gasteiger partial charge is 0.318 e. The number of rotatable bonds is 3. The van der Waals surface area contributed by atoms with Crippen LogP contribution in [0.5, 0.6) is 0 Å². The lowest BCUT2D eigenvalue weighted by Gasteiger charge is -2.15. The van der Waals surface area contributed by atoms with E-state index < -0.39 is 5.97 Å². The molecule has 1 heterocycles. The quantitative estimate of drug-likeness (QED) is 0.377. The van der Waals surface area contributed by atoms with Crippen LogP contribution in [0.3, 0.4) is 0 Å². The van der Waals surface area contributed by atoms with E-state index in [0.29, 0.717) is 6.42 Å². The van der Waals surface area contributed by atoms with E-state index >= 15 is 0 Å². The number of carbonyl (C=O) groups excluding carboxylic acids is 2. The zero-order valence-electron chi connectivity index (χ0n) is 7.95. The Labute approximate surface area is 77.8 Å². The maximum atomic E-state index is 11.3. The van der Waals surface area contributed by atoms with E-state index in [0.717, 1.165) is 0 Å². The number of carbonyl (C=O) groups is 2. The number of esters is 2. The zero-order valence-corrected chi connectivity index (χ0v) is 7.95. The SMILES string of the molecule is C=CC(C)C1C(=O)OC(=O)C1CC. The lowest BCUT2D eigenvalue weighted by Crippen LogP contribution is -2.22. The minimum absolute atomic E-state index is 0.00361. The molecule has 1 aliphatic heterocycles. The molecule has 0 aliphatic carbocycles. The van der Waals surface area contributed by atoms with Gasteiger partial charge in [0, 0.05) is 0 Å². The average molecular weight is 182 g/mol. The molecule has 1 aliphatic rings. The van der Waals surface area contributed by atoms with Crippen LogP contribution in [0.15, 0.2) is 12.7 Å². The van der Waals surface area contributed by atoms with E-state index in [4.69, 9.17) is 0 Å². The van der Waals surface area contributed by atoms with Gasteiger partial charge in [0.2, 0.25) is 0 Å². The van der Waals surface area contributed by atoms with Crippen molar-refractivity contribution >= 4 is 11.9 Å². The summed E-state index contributed by atoms with van der Waals surface area (Å²) in [5.41, 5.74) is 0. The van der Waals surface area contributed by atoms with Gasteiger partial charge in [-0.2, -0.15) is 0 Å². The lowest BCUT2D eigenvalue weighted by molar-refractivity contribution is -0.154. The summed E-state index contributed by atoms with van der Waals surface area (Å²) in [6.07, 6.45) is 2.33. The van der Waals surface area contributed by atoms with Gasteiger partial charge in [-0.25, -0.2) is 0 Å². The standard InChI is InChI=1S/C10H14O3/c1-4-6(3)8-7(5-2)9(11)13-10(8)12/h4,6-8H,1,5H2,2-3H3. The summed E-state index contributed by atoms with van der Waals surface area (Å²) < 4.78 is 4.57. The fraction of sp³-hybridized carbons (Fsp3) is 0.600. The fourth-order valence-electron chi connectivity index (χ4n) is 1.70. The monoisotopic (exact) mass is 182 g/mol. The van der Waals surface area contributed by atoms with Crippen LogP contribution in [0, 0.1) is 17.8 Å². The van der Waals surface area contributed by atoms with Gasteiger partial charge in [0.25, 0.3) is 0 Å². The van der Waals surface area contributed by atoms with E-state index in [2.05, 4.69) is 11.3 Å². The molecule has 3 atom stereocenters. The molecule has 72 valence electrons. The Bertz CT molecular complexity index is 245. The maximum absolute atomic E-state index is 11.3. The summed E-state index contributed by atoms with van der Waals surface area (Å²) in [6.45, 7) is 7.37. The molecule has 3 nitrogen and oxygen atoms in total. The third-order valence-electron chi connectivity index (χ3n) is 2.59. The van der Waals surface area contributed by atoms with Crippen LogP contribution < -0.4 is 0 Å². The second kappa shape index (κ2) is 3.73. The topological polar surface area (TPSA) is 43.4 Å². The Balaban J connectivity index is 2.86. The van der Waals surface area contributed by atoms with Gasteiger partial charge in [0.05, 0.1) is 11.8 Å². The normalized spacial score (nSPS) is 30.0. The fourth-order valence-corrected chi connectivity index (χ4v) is 1.70. The number of allylic oxidation sites excluding steroid dienone is 1. The summed E-state index contributed by atoms with van der Waals surface area (Å²) >= 11 is 0. The van der Waals surface area contributed by atoms with Crippen molar-refractivity contribution in [1.82, 2.24) is 0 Å². The van der Waals surface area contributed by atoms with Crippen LogP contribution in [-0.2, 0) is 14.3 Å². The zero-order chi connectivity index (χ0) is 10.0. The Morgan fingerprint density at radius 3 is 2.62 bits per heavy atom. The third kappa shape index (κ3) is 1.64. The van der Waals surface area contributed by atoms with E-state index in [1.54, 1.807) is 6.08 Å². The van der Waals surface area contributed by atoms with Gasteiger partial charge >= 0.3 is 11.9 Å². The minimum Gasteiger partial charge on any atom is -0.393 e. The van der Waals surface area contributed by atoms with Crippen molar-refractivity contribution in [2.75, 3.05) is 0 Å². The highest BCUT2D eigenvalue weighted by atomic mass is 16.6. The Morgan fingerprint density at radius 2 is 2.15 bits per heavy atom. The summed E-state index contributed by atoms with van der Waals surface area (Å²) in [5.74, 6) is -1.38. The number of hydrogen-bond acceptors (Lipinski definition) is 3. The molecule has 0 aromatic heterocycles. The summed E-state index contributed by atoms with van der Waals surface area (Å²) in [7, 11) is 0. The highest BCUT2D eigenvalue weighted by Crippen LogP contribution is 2.32. The highest BCUT2D eigenvalue weighted by Gasteiger charge is 2.44. The van der Waals surface area contributed by atoms with Crippen LogP contribution in [0.2, 0.25) is 0 Å². The molecule has 1 fully saturated rings. The van der Waals surface area contributed by atoms with Crippen molar-refractivity contribution in [3.63, 3.8) is 0 Å². The second-order valence-electron chi connectivity index (χ2n) is 3.38. The maximum Gasteiger partial charge on any atom is 0.318 e. The first-order chi connectivity index (χ1) is 6.11. The molecule has 0 spiro atoms. The van der Waals surface area contributed by atoms with Gasteiger partial charge in [-0.15, -0.1) is 6.58 Å². The second-order valence-corrected chi connectivity index (χ2v) is 3.38. The molecule has 0 aromatic carbocycles. The minimum atomic E-state index is -0.399. The van der Waals surface area contributed by atoms with E-state index in [1.165, 1.54) is 0 Å². The van der Waals surface area contributed by atoms with Crippen molar-refractivity contribution in [1.29, 1.82) is 0 Å². The number of hydrogen-bond donors (Lipinski definition) is 0. The molecule has 3 heteroatoms. The van der Waals surface area contributed by atoms with Crippen molar-refractivity contribution in [2.45, 2.75) is 20.3 Å². The Morgan fingerprint density at radius 1 is 1.54 bits per heavy atom. The van der Waals surface area contributed by atoms with Gasteiger partial charge in [0.15, 0.2) is 0 Å². The van der Waals surface area contributed by atoms with Crippen molar-refractivity contribution in [3.8, 4) is 0 Å². The summed E-state index contributed by atoms with van der Waals surface area (Å²) in [6, 6.07) is 0. The molecule has 0 N–H and O–H groups in total. The molecule has 3 unspecified atom stereocenters. The van der Waals surface area contributed by atoms with Gasteiger partial charge in [-0.05, 0) is 12.3 Å². The molecule has 0 aromatic rings. The van der Waals surface area contributed by atoms with Crippen LogP contribution in [0.25, 0.3) is 0 Å².